The first-order valence-corrected chi connectivity index (χ1v) is 9.09. The molecule has 5 nitrogen and oxygen atoms in total. The third kappa shape index (κ3) is 7.56. The van der Waals surface area contributed by atoms with Crippen molar-refractivity contribution in [1.82, 2.24) is 4.90 Å². The zero-order valence-electron chi connectivity index (χ0n) is 13.5. The predicted octanol–water partition coefficient (Wildman–Crippen LogP) is 2.66. The Kier molecular flexibility index (Phi) is 10.6. The van der Waals surface area contributed by atoms with Crippen molar-refractivity contribution >= 4 is 57.6 Å². The van der Waals surface area contributed by atoms with E-state index in [1.807, 2.05) is 31.4 Å². The minimum Gasteiger partial charge on any atom is -0.335 e. The van der Waals surface area contributed by atoms with Gasteiger partial charge in [0.15, 0.2) is 0 Å². The topological polar surface area (TPSA) is 75.4 Å². The average Bonchev–Trinajstić information content (AvgIpc) is 2.46. The Labute approximate surface area is 156 Å². The smallest absolute Gasteiger partial charge is 0.243 e. The molecule has 0 aliphatic carbocycles. The number of likely N-dealkylation sites (N-methyl/N-ethyl adjacent to an activating group) is 1. The Morgan fingerprint density at radius 1 is 1.43 bits per heavy atom. The van der Waals surface area contributed by atoms with E-state index in [0.717, 1.165) is 21.5 Å². The predicted molar refractivity (Wildman–Crippen MR) is 103 cm³/mol. The number of rotatable bonds is 7. The quantitative estimate of drug-likeness (QED) is 0.705. The number of nitrogens with one attached hydrogen (secondary N) is 1. The van der Waals surface area contributed by atoms with Crippen LogP contribution in [0.15, 0.2) is 22.7 Å². The standard InChI is InChI=1S/C15H22BrN3O2S.ClH/c1-10-8-11(16)4-5-13(10)18-14(20)9-19(2)15(21)12(17)6-7-22-3;/h4-5,8,12H,6-7,9,17H2,1-3H3,(H,18,20);1H. The Morgan fingerprint density at radius 3 is 2.65 bits per heavy atom. The molecule has 0 saturated heterocycles. The fourth-order valence-electron chi connectivity index (χ4n) is 1.90. The third-order valence-electron chi connectivity index (χ3n) is 3.17. The largest absolute Gasteiger partial charge is 0.335 e. The lowest BCUT2D eigenvalue weighted by Gasteiger charge is -2.21. The van der Waals surface area contributed by atoms with Crippen LogP contribution < -0.4 is 11.1 Å². The van der Waals surface area contributed by atoms with Crippen LogP contribution in [-0.4, -0.2) is 48.4 Å². The first-order valence-electron chi connectivity index (χ1n) is 6.90. The van der Waals surface area contributed by atoms with Crippen LogP contribution in [0.3, 0.4) is 0 Å². The molecule has 0 bridgehead atoms. The number of nitrogens with two attached hydrogens (primary N) is 1. The molecule has 1 aromatic rings. The molecule has 0 saturated carbocycles. The number of anilines is 1. The van der Waals surface area contributed by atoms with E-state index in [-0.39, 0.29) is 30.8 Å². The first-order chi connectivity index (χ1) is 10.3. The zero-order valence-corrected chi connectivity index (χ0v) is 16.7. The number of carbonyl (C=O) groups is 2. The van der Waals surface area contributed by atoms with Gasteiger partial charge < -0.3 is 16.0 Å². The molecule has 0 fully saturated rings. The highest BCUT2D eigenvalue weighted by Gasteiger charge is 2.19. The fraction of sp³-hybridized carbons (Fsp3) is 0.467. The summed E-state index contributed by atoms with van der Waals surface area (Å²) in [4.78, 5) is 25.5. The zero-order chi connectivity index (χ0) is 16.7. The molecular weight excluding hydrogens is 402 g/mol. The van der Waals surface area contributed by atoms with Gasteiger partial charge in [0, 0.05) is 17.2 Å². The highest BCUT2D eigenvalue weighted by molar-refractivity contribution is 9.10. The van der Waals surface area contributed by atoms with Gasteiger partial charge in [0.25, 0.3) is 0 Å². The van der Waals surface area contributed by atoms with Gasteiger partial charge in [0.2, 0.25) is 11.8 Å². The summed E-state index contributed by atoms with van der Waals surface area (Å²) in [6, 6.07) is 5.04. The van der Waals surface area contributed by atoms with Crippen LogP contribution in [0.1, 0.15) is 12.0 Å². The summed E-state index contributed by atoms with van der Waals surface area (Å²) in [5.41, 5.74) is 7.52. The lowest BCUT2D eigenvalue weighted by molar-refractivity contribution is -0.134. The minimum absolute atomic E-state index is 0. The highest BCUT2D eigenvalue weighted by Crippen LogP contribution is 2.19. The Morgan fingerprint density at radius 2 is 2.09 bits per heavy atom. The van der Waals surface area contributed by atoms with Gasteiger partial charge in [-0.25, -0.2) is 0 Å². The molecule has 0 aliphatic heterocycles. The highest BCUT2D eigenvalue weighted by atomic mass is 79.9. The van der Waals surface area contributed by atoms with E-state index in [9.17, 15) is 9.59 Å². The van der Waals surface area contributed by atoms with E-state index in [2.05, 4.69) is 21.2 Å². The summed E-state index contributed by atoms with van der Waals surface area (Å²) in [6.07, 6.45) is 2.58. The number of amides is 2. The second kappa shape index (κ2) is 10.9. The molecule has 130 valence electrons. The number of thioether (sulfide) groups is 1. The Hall–Kier alpha value is -0.760. The maximum atomic E-state index is 12.1. The monoisotopic (exact) mass is 423 g/mol. The summed E-state index contributed by atoms with van der Waals surface area (Å²) >= 11 is 5.02. The maximum absolute atomic E-state index is 12.1. The van der Waals surface area contributed by atoms with Crippen LogP contribution >= 0.6 is 40.1 Å². The molecule has 23 heavy (non-hydrogen) atoms. The lowest BCUT2D eigenvalue weighted by atomic mass is 10.2. The normalized spacial score (nSPS) is 11.3. The third-order valence-corrected chi connectivity index (χ3v) is 4.31. The van der Waals surface area contributed by atoms with Crippen molar-refractivity contribution in [2.24, 2.45) is 5.73 Å². The number of halogens is 2. The van der Waals surface area contributed by atoms with Crippen LogP contribution in [0.5, 0.6) is 0 Å². The van der Waals surface area contributed by atoms with Gasteiger partial charge in [0.05, 0.1) is 12.6 Å². The summed E-state index contributed by atoms with van der Waals surface area (Å²) in [6.45, 7) is 1.90. The van der Waals surface area contributed by atoms with Gasteiger partial charge in [-0.2, -0.15) is 11.8 Å². The van der Waals surface area contributed by atoms with Gasteiger partial charge in [-0.1, -0.05) is 15.9 Å². The molecule has 8 heteroatoms. The van der Waals surface area contributed by atoms with Crippen molar-refractivity contribution in [3.05, 3.63) is 28.2 Å². The van der Waals surface area contributed by atoms with Crippen molar-refractivity contribution in [3.63, 3.8) is 0 Å². The molecule has 0 heterocycles. The van der Waals surface area contributed by atoms with E-state index in [0.29, 0.717) is 6.42 Å². The van der Waals surface area contributed by atoms with Crippen LogP contribution in [0.4, 0.5) is 5.69 Å². The van der Waals surface area contributed by atoms with Crippen LogP contribution in [-0.2, 0) is 9.59 Å². The lowest BCUT2D eigenvalue weighted by Crippen LogP contribution is -2.45. The Balaban J connectivity index is 0.00000484. The average molecular weight is 425 g/mol. The van der Waals surface area contributed by atoms with Crippen LogP contribution in [0.2, 0.25) is 0 Å². The van der Waals surface area contributed by atoms with Crippen molar-refractivity contribution in [2.45, 2.75) is 19.4 Å². The van der Waals surface area contributed by atoms with Gasteiger partial charge in [0.1, 0.15) is 0 Å². The fourth-order valence-corrected chi connectivity index (χ4v) is 2.87. The van der Waals surface area contributed by atoms with E-state index >= 15 is 0 Å². The number of aryl methyl sites for hydroxylation is 1. The molecule has 1 atom stereocenters. The van der Waals surface area contributed by atoms with Gasteiger partial charge in [-0.3, -0.25) is 9.59 Å². The van der Waals surface area contributed by atoms with Crippen molar-refractivity contribution in [3.8, 4) is 0 Å². The summed E-state index contributed by atoms with van der Waals surface area (Å²) in [7, 11) is 1.59. The van der Waals surface area contributed by atoms with Crippen molar-refractivity contribution in [1.29, 1.82) is 0 Å². The van der Waals surface area contributed by atoms with Crippen molar-refractivity contribution < 1.29 is 9.59 Å². The summed E-state index contributed by atoms with van der Waals surface area (Å²) in [5, 5.41) is 2.81. The van der Waals surface area contributed by atoms with Gasteiger partial charge in [-0.15, -0.1) is 12.4 Å². The maximum Gasteiger partial charge on any atom is 0.243 e. The second-order valence-electron chi connectivity index (χ2n) is 5.09. The second-order valence-corrected chi connectivity index (χ2v) is 6.99. The summed E-state index contributed by atoms with van der Waals surface area (Å²) < 4.78 is 0.954. The van der Waals surface area contributed by atoms with E-state index in [1.54, 1.807) is 18.8 Å². The number of hydrogen-bond donors (Lipinski definition) is 2. The number of hydrogen-bond acceptors (Lipinski definition) is 4. The molecule has 0 spiro atoms. The minimum atomic E-state index is -0.556. The molecule has 1 aromatic carbocycles. The van der Waals surface area contributed by atoms with Gasteiger partial charge in [-0.05, 0) is 49.1 Å². The molecular formula is C15H23BrClN3O2S. The number of benzene rings is 1. The SMILES string of the molecule is CSCCC(N)C(=O)N(C)CC(=O)Nc1ccc(Br)cc1C.Cl. The van der Waals surface area contributed by atoms with Crippen LogP contribution in [0, 0.1) is 6.92 Å². The van der Waals surface area contributed by atoms with E-state index in [1.165, 1.54) is 4.90 Å². The van der Waals surface area contributed by atoms with Gasteiger partial charge >= 0.3 is 0 Å². The van der Waals surface area contributed by atoms with Crippen LogP contribution in [0.25, 0.3) is 0 Å². The number of nitrogens with zero attached hydrogens (tertiary/aromatic N) is 1. The van der Waals surface area contributed by atoms with E-state index in [4.69, 9.17) is 5.73 Å². The number of carbonyl (C=O) groups excluding carboxylic acids is 2. The van der Waals surface area contributed by atoms with Crippen molar-refractivity contribution in [2.75, 3.05) is 30.9 Å². The Bertz CT molecular complexity index is 545. The molecule has 1 rings (SSSR count). The molecule has 1 unspecified atom stereocenters. The molecule has 0 radical (unpaired) electrons. The summed E-state index contributed by atoms with van der Waals surface area (Å²) in [5.74, 6) is 0.375. The molecule has 0 aliphatic rings. The molecule has 3 N–H and O–H groups in total. The first kappa shape index (κ1) is 22.2. The molecule has 0 aromatic heterocycles. The van der Waals surface area contributed by atoms with E-state index < -0.39 is 6.04 Å². The molecule has 2 amide bonds.